The molecule has 1 fully saturated rings. The Hall–Kier alpha value is -1.52. The Balaban J connectivity index is 1.93. The first-order valence-electron chi connectivity index (χ1n) is 7.37. The summed E-state index contributed by atoms with van der Waals surface area (Å²) in [6.45, 7) is 6.57. The van der Waals surface area contributed by atoms with Crippen LogP contribution in [0.1, 0.15) is 18.6 Å². The molecule has 1 aliphatic rings. The molecule has 0 bridgehead atoms. The average Bonchev–Trinajstić information content (AvgIpc) is 2.76. The number of hydrogen-bond acceptors (Lipinski definition) is 6. The second-order valence-electron chi connectivity index (χ2n) is 5.86. The minimum absolute atomic E-state index is 0.0130. The maximum Gasteiger partial charge on any atom is 0.253 e. The summed E-state index contributed by atoms with van der Waals surface area (Å²) in [6.07, 6.45) is 1.13. The number of hydrogen-bond donors (Lipinski definition) is 1. The Labute approximate surface area is 136 Å². The fourth-order valence-corrected chi connectivity index (χ4v) is 3.38. The molecule has 0 saturated carbocycles. The normalized spacial score (nSPS) is 23.0. The number of carbonyl (C=O) groups excluding carboxylic acids is 1. The molecule has 0 radical (unpaired) electrons. The third kappa shape index (κ3) is 4.27. The Morgan fingerprint density at radius 3 is 2.70 bits per heavy atom. The predicted molar refractivity (Wildman–Crippen MR) is 83.3 cm³/mol. The standard InChI is InChI=1S/C13H23N5O4S/c1-10-15-11(2)18(16-10)6-5-14-12(19)13(3)9-17(7-8-22-13)23(4,20)21/h5-9H2,1-4H3,(H,14,19). The van der Waals surface area contributed by atoms with Gasteiger partial charge in [0.2, 0.25) is 10.0 Å². The van der Waals surface area contributed by atoms with E-state index in [0.717, 1.165) is 12.1 Å². The van der Waals surface area contributed by atoms with Gasteiger partial charge in [-0.05, 0) is 20.8 Å². The third-order valence-corrected chi connectivity index (χ3v) is 5.01. The molecule has 0 aromatic carbocycles. The number of nitrogens with zero attached hydrogens (tertiary/aromatic N) is 4. The number of carbonyl (C=O) groups is 1. The van der Waals surface area contributed by atoms with Crippen molar-refractivity contribution in [3.8, 4) is 0 Å². The monoisotopic (exact) mass is 345 g/mol. The first-order valence-corrected chi connectivity index (χ1v) is 9.22. The van der Waals surface area contributed by atoms with Gasteiger partial charge in [-0.3, -0.25) is 4.79 Å². The van der Waals surface area contributed by atoms with Gasteiger partial charge in [0, 0.05) is 13.1 Å². The van der Waals surface area contributed by atoms with E-state index in [2.05, 4.69) is 15.4 Å². The number of morpholine rings is 1. The van der Waals surface area contributed by atoms with Gasteiger partial charge in [-0.15, -0.1) is 0 Å². The highest BCUT2D eigenvalue weighted by atomic mass is 32.2. The number of amides is 1. The summed E-state index contributed by atoms with van der Waals surface area (Å²) in [5.74, 6) is 1.13. The van der Waals surface area contributed by atoms with Gasteiger partial charge in [0.25, 0.3) is 5.91 Å². The largest absolute Gasteiger partial charge is 0.363 e. The van der Waals surface area contributed by atoms with Crippen molar-refractivity contribution in [1.82, 2.24) is 24.4 Å². The lowest BCUT2D eigenvalue weighted by Gasteiger charge is -2.37. The van der Waals surface area contributed by atoms with E-state index in [9.17, 15) is 13.2 Å². The summed E-state index contributed by atoms with van der Waals surface area (Å²) in [5, 5.41) is 6.99. The molecular weight excluding hydrogens is 322 g/mol. The second kappa shape index (κ2) is 6.54. The van der Waals surface area contributed by atoms with Gasteiger partial charge in [0.05, 0.1) is 26.0 Å². The van der Waals surface area contributed by atoms with Crippen LogP contribution in [-0.4, -0.2) is 71.5 Å². The minimum Gasteiger partial charge on any atom is -0.363 e. The molecule has 2 heterocycles. The highest BCUT2D eigenvalue weighted by Crippen LogP contribution is 2.19. The van der Waals surface area contributed by atoms with Crippen molar-refractivity contribution in [1.29, 1.82) is 0 Å². The van der Waals surface area contributed by atoms with E-state index in [1.165, 1.54) is 4.31 Å². The Morgan fingerprint density at radius 1 is 1.43 bits per heavy atom. The van der Waals surface area contributed by atoms with Gasteiger partial charge >= 0.3 is 0 Å². The molecule has 0 spiro atoms. The van der Waals surface area contributed by atoms with Crippen molar-refractivity contribution >= 4 is 15.9 Å². The van der Waals surface area contributed by atoms with Crippen LogP contribution in [0.5, 0.6) is 0 Å². The number of sulfonamides is 1. The SMILES string of the molecule is Cc1nc(C)n(CCNC(=O)C2(C)CN(S(C)(=O)=O)CCO2)n1. The van der Waals surface area contributed by atoms with Crippen molar-refractivity contribution in [2.45, 2.75) is 32.9 Å². The molecule has 1 N–H and O–H groups in total. The van der Waals surface area contributed by atoms with Gasteiger partial charge < -0.3 is 10.1 Å². The zero-order valence-corrected chi connectivity index (χ0v) is 14.7. The average molecular weight is 345 g/mol. The summed E-state index contributed by atoms with van der Waals surface area (Å²) >= 11 is 0. The molecule has 0 aliphatic carbocycles. The third-order valence-electron chi connectivity index (χ3n) is 3.76. The van der Waals surface area contributed by atoms with Crippen LogP contribution in [0, 0.1) is 13.8 Å². The number of aryl methyl sites for hydroxylation is 2. The number of rotatable bonds is 5. The van der Waals surface area contributed by atoms with Crippen LogP contribution < -0.4 is 5.32 Å². The smallest absolute Gasteiger partial charge is 0.253 e. The zero-order chi connectivity index (χ0) is 17.3. The minimum atomic E-state index is -3.35. The molecule has 1 aromatic heterocycles. The number of aromatic nitrogens is 3. The second-order valence-corrected chi connectivity index (χ2v) is 7.84. The van der Waals surface area contributed by atoms with E-state index >= 15 is 0 Å². The molecule has 23 heavy (non-hydrogen) atoms. The highest BCUT2D eigenvalue weighted by Gasteiger charge is 2.41. The molecule has 2 rings (SSSR count). The van der Waals surface area contributed by atoms with Crippen LogP contribution in [0.25, 0.3) is 0 Å². The van der Waals surface area contributed by atoms with Crippen LogP contribution in [0.15, 0.2) is 0 Å². The van der Waals surface area contributed by atoms with Crippen molar-refractivity contribution in [2.75, 3.05) is 32.5 Å². The highest BCUT2D eigenvalue weighted by molar-refractivity contribution is 7.88. The Morgan fingerprint density at radius 2 is 2.13 bits per heavy atom. The molecule has 1 atom stereocenters. The molecule has 1 saturated heterocycles. The summed E-state index contributed by atoms with van der Waals surface area (Å²) in [7, 11) is -3.35. The van der Waals surface area contributed by atoms with Crippen molar-refractivity contribution in [3.63, 3.8) is 0 Å². The number of nitrogens with one attached hydrogen (secondary N) is 1. The topological polar surface area (TPSA) is 106 Å². The molecule has 1 unspecified atom stereocenters. The van der Waals surface area contributed by atoms with Crippen molar-refractivity contribution < 1.29 is 17.9 Å². The molecule has 10 heteroatoms. The molecule has 1 aliphatic heterocycles. The van der Waals surface area contributed by atoms with E-state index < -0.39 is 15.6 Å². The van der Waals surface area contributed by atoms with E-state index in [4.69, 9.17) is 4.74 Å². The van der Waals surface area contributed by atoms with Crippen LogP contribution in [0.4, 0.5) is 0 Å². The van der Waals surface area contributed by atoms with Gasteiger partial charge in [-0.25, -0.2) is 18.1 Å². The fourth-order valence-electron chi connectivity index (χ4n) is 2.49. The van der Waals surface area contributed by atoms with E-state index in [1.54, 1.807) is 18.5 Å². The maximum absolute atomic E-state index is 12.4. The molecular formula is C13H23N5O4S. The Bertz CT molecular complexity index is 687. The summed E-state index contributed by atoms with van der Waals surface area (Å²) in [4.78, 5) is 16.6. The molecule has 130 valence electrons. The first kappa shape index (κ1) is 17.8. The van der Waals surface area contributed by atoms with E-state index in [-0.39, 0.29) is 25.6 Å². The lowest BCUT2D eigenvalue weighted by molar-refractivity contribution is -0.152. The van der Waals surface area contributed by atoms with E-state index in [0.29, 0.717) is 18.9 Å². The van der Waals surface area contributed by atoms with Gasteiger partial charge in [-0.2, -0.15) is 9.40 Å². The van der Waals surface area contributed by atoms with Gasteiger partial charge in [0.1, 0.15) is 11.6 Å². The number of ether oxygens (including phenoxy) is 1. The van der Waals surface area contributed by atoms with Crippen molar-refractivity contribution in [3.05, 3.63) is 11.6 Å². The maximum atomic E-state index is 12.4. The predicted octanol–water partition coefficient (Wildman–Crippen LogP) is -0.938. The molecule has 1 amide bonds. The fraction of sp³-hybridized carbons (Fsp3) is 0.769. The molecule has 9 nitrogen and oxygen atoms in total. The Kier molecular flexibility index (Phi) is 5.07. The van der Waals surface area contributed by atoms with Crippen LogP contribution in [0.2, 0.25) is 0 Å². The van der Waals surface area contributed by atoms with Gasteiger partial charge in [0.15, 0.2) is 5.60 Å². The first-order chi connectivity index (χ1) is 10.6. The van der Waals surface area contributed by atoms with Crippen molar-refractivity contribution in [2.24, 2.45) is 0 Å². The lowest BCUT2D eigenvalue weighted by atomic mass is 10.0. The summed E-state index contributed by atoms with van der Waals surface area (Å²) in [5.41, 5.74) is -1.19. The lowest BCUT2D eigenvalue weighted by Crippen LogP contribution is -2.59. The quantitative estimate of drug-likeness (QED) is 0.738. The van der Waals surface area contributed by atoms with Crippen LogP contribution in [0.3, 0.4) is 0 Å². The summed E-state index contributed by atoms with van der Waals surface area (Å²) < 4.78 is 31.8. The zero-order valence-electron chi connectivity index (χ0n) is 13.9. The molecule has 1 aromatic rings. The van der Waals surface area contributed by atoms with Crippen LogP contribution >= 0.6 is 0 Å². The van der Waals surface area contributed by atoms with E-state index in [1.807, 2.05) is 6.92 Å². The summed E-state index contributed by atoms with van der Waals surface area (Å²) in [6, 6.07) is 0. The van der Waals surface area contributed by atoms with Crippen LogP contribution in [-0.2, 0) is 26.1 Å². The van der Waals surface area contributed by atoms with Gasteiger partial charge in [-0.1, -0.05) is 0 Å².